The molecule has 0 saturated carbocycles. The lowest BCUT2D eigenvalue weighted by Gasteiger charge is -2.23. The van der Waals surface area contributed by atoms with Gasteiger partial charge in [-0.2, -0.15) is 0 Å². The molecule has 116 valence electrons. The van der Waals surface area contributed by atoms with Crippen molar-refractivity contribution >= 4 is 5.91 Å². The first-order valence-corrected chi connectivity index (χ1v) is 7.74. The molecular weight excluding hydrogens is 278 g/mol. The quantitative estimate of drug-likeness (QED) is 0.907. The zero-order valence-electron chi connectivity index (χ0n) is 12.8. The van der Waals surface area contributed by atoms with Crippen LogP contribution in [-0.4, -0.2) is 30.0 Å². The Balaban J connectivity index is 1.65. The number of nitrogens with zero attached hydrogens (tertiary/aromatic N) is 1. The normalized spacial score (nSPS) is 18.1. The first kappa shape index (κ1) is 14.8. The molecule has 2 heterocycles. The second kappa shape index (κ2) is 6.75. The summed E-state index contributed by atoms with van der Waals surface area (Å²) >= 11 is 0. The van der Waals surface area contributed by atoms with E-state index in [4.69, 9.17) is 4.42 Å². The van der Waals surface area contributed by atoms with E-state index in [1.54, 1.807) is 0 Å². The molecule has 0 aliphatic carbocycles. The highest BCUT2D eigenvalue weighted by Crippen LogP contribution is 2.21. The van der Waals surface area contributed by atoms with E-state index in [1.807, 2.05) is 37.3 Å². The van der Waals surface area contributed by atoms with Crippen LogP contribution in [-0.2, 0) is 11.2 Å². The number of oxazole rings is 1. The van der Waals surface area contributed by atoms with E-state index in [0.717, 1.165) is 31.5 Å². The molecule has 1 saturated heterocycles. The van der Waals surface area contributed by atoms with E-state index < -0.39 is 0 Å². The van der Waals surface area contributed by atoms with Crippen LogP contribution in [0.4, 0.5) is 0 Å². The minimum absolute atomic E-state index is 0.00436. The largest absolute Gasteiger partial charge is 0.441 e. The van der Waals surface area contributed by atoms with Gasteiger partial charge in [-0.15, -0.1) is 0 Å². The Morgan fingerprint density at radius 2 is 2.23 bits per heavy atom. The molecule has 22 heavy (non-hydrogen) atoms. The van der Waals surface area contributed by atoms with Gasteiger partial charge < -0.3 is 15.1 Å². The van der Waals surface area contributed by atoms with Crippen LogP contribution in [0.5, 0.6) is 0 Å². The van der Waals surface area contributed by atoms with Gasteiger partial charge in [0.25, 0.3) is 0 Å². The van der Waals surface area contributed by atoms with Crippen molar-refractivity contribution < 1.29 is 9.21 Å². The van der Waals surface area contributed by atoms with Gasteiger partial charge in [0.2, 0.25) is 11.8 Å². The number of carbonyl (C=O) groups is 1. The molecule has 0 unspecified atom stereocenters. The van der Waals surface area contributed by atoms with Gasteiger partial charge in [-0.3, -0.25) is 4.79 Å². The summed E-state index contributed by atoms with van der Waals surface area (Å²) in [7, 11) is 0. The first-order chi connectivity index (χ1) is 10.7. The second-order valence-electron chi connectivity index (χ2n) is 5.68. The van der Waals surface area contributed by atoms with Crippen LogP contribution < -0.4 is 10.6 Å². The highest BCUT2D eigenvalue weighted by atomic mass is 16.4. The molecule has 5 heteroatoms. The van der Waals surface area contributed by atoms with Crippen LogP contribution in [0.25, 0.3) is 11.5 Å². The Morgan fingerprint density at radius 1 is 1.41 bits per heavy atom. The van der Waals surface area contributed by atoms with E-state index in [1.165, 1.54) is 0 Å². The molecule has 1 atom stereocenters. The van der Waals surface area contributed by atoms with E-state index in [0.29, 0.717) is 17.3 Å². The molecule has 1 aromatic heterocycles. The molecule has 2 N–H and O–H groups in total. The summed E-state index contributed by atoms with van der Waals surface area (Å²) in [5.74, 6) is 1.28. The molecule has 1 aromatic carbocycles. The summed E-state index contributed by atoms with van der Waals surface area (Å²) in [6.45, 7) is 3.73. The highest BCUT2D eigenvalue weighted by molar-refractivity contribution is 5.78. The number of nitrogens with one attached hydrogen (secondary N) is 2. The van der Waals surface area contributed by atoms with E-state index in [9.17, 15) is 4.79 Å². The molecule has 1 amide bonds. The molecule has 3 rings (SSSR count). The predicted molar refractivity (Wildman–Crippen MR) is 84.4 cm³/mol. The first-order valence-electron chi connectivity index (χ1n) is 7.74. The molecule has 1 aliphatic rings. The SMILES string of the molecule is Cc1oc(-c2ccccc2)nc1CC(=O)N[C@H]1CCCNC1. The van der Waals surface area contributed by atoms with Gasteiger partial charge in [-0.05, 0) is 38.4 Å². The number of piperidine rings is 1. The molecule has 1 aliphatic heterocycles. The third-order valence-corrected chi connectivity index (χ3v) is 3.90. The predicted octanol–water partition coefficient (Wildman–Crippen LogP) is 2.06. The van der Waals surface area contributed by atoms with Crippen molar-refractivity contribution in [2.75, 3.05) is 13.1 Å². The number of rotatable bonds is 4. The Kier molecular flexibility index (Phi) is 4.53. The summed E-state index contributed by atoms with van der Waals surface area (Å²) in [6, 6.07) is 9.95. The second-order valence-corrected chi connectivity index (χ2v) is 5.68. The minimum Gasteiger partial charge on any atom is -0.441 e. The number of hydrogen-bond acceptors (Lipinski definition) is 4. The average molecular weight is 299 g/mol. The van der Waals surface area contributed by atoms with Gasteiger partial charge in [0, 0.05) is 18.2 Å². The van der Waals surface area contributed by atoms with Crippen LogP contribution >= 0.6 is 0 Å². The van der Waals surface area contributed by atoms with Gasteiger partial charge in [0.05, 0.1) is 12.1 Å². The summed E-state index contributed by atoms with van der Waals surface area (Å²) in [5, 5.41) is 6.35. The monoisotopic (exact) mass is 299 g/mol. The lowest BCUT2D eigenvalue weighted by Crippen LogP contribution is -2.46. The van der Waals surface area contributed by atoms with Gasteiger partial charge >= 0.3 is 0 Å². The lowest BCUT2D eigenvalue weighted by molar-refractivity contribution is -0.121. The third kappa shape index (κ3) is 3.54. The smallest absolute Gasteiger partial charge is 0.226 e. The minimum atomic E-state index is 0.00436. The van der Waals surface area contributed by atoms with Crippen LogP contribution in [0.15, 0.2) is 34.7 Å². The number of aryl methyl sites for hydroxylation is 1. The van der Waals surface area contributed by atoms with Gasteiger partial charge in [0.1, 0.15) is 5.76 Å². The zero-order valence-corrected chi connectivity index (χ0v) is 12.8. The summed E-state index contributed by atoms with van der Waals surface area (Å²) < 4.78 is 5.69. The fourth-order valence-electron chi connectivity index (χ4n) is 2.70. The highest BCUT2D eigenvalue weighted by Gasteiger charge is 2.18. The Labute approximate surface area is 130 Å². The van der Waals surface area contributed by atoms with Crippen LogP contribution in [0.3, 0.4) is 0 Å². The van der Waals surface area contributed by atoms with Crippen molar-refractivity contribution in [3.63, 3.8) is 0 Å². The molecule has 2 aromatic rings. The number of carbonyl (C=O) groups excluding carboxylic acids is 1. The number of hydrogen-bond donors (Lipinski definition) is 2. The fourth-order valence-corrected chi connectivity index (χ4v) is 2.70. The van der Waals surface area contributed by atoms with Gasteiger partial charge in [0.15, 0.2) is 0 Å². The van der Waals surface area contributed by atoms with E-state index in [-0.39, 0.29) is 18.4 Å². The maximum absolute atomic E-state index is 12.2. The number of amides is 1. The van der Waals surface area contributed by atoms with Crippen LogP contribution in [0.2, 0.25) is 0 Å². The number of benzene rings is 1. The summed E-state index contributed by atoms with van der Waals surface area (Å²) in [6.07, 6.45) is 2.40. The molecule has 0 bridgehead atoms. The van der Waals surface area contributed by atoms with Gasteiger partial charge in [-0.1, -0.05) is 18.2 Å². The van der Waals surface area contributed by atoms with Crippen molar-refractivity contribution in [2.45, 2.75) is 32.2 Å². The maximum Gasteiger partial charge on any atom is 0.226 e. The zero-order chi connectivity index (χ0) is 15.4. The Hall–Kier alpha value is -2.14. The van der Waals surface area contributed by atoms with Crippen molar-refractivity contribution in [3.8, 4) is 11.5 Å². The summed E-state index contributed by atoms with van der Waals surface area (Å²) in [4.78, 5) is 16.6. The third-order valence-electron chi connectivity index (χ3n) is 3.90. The lowest BCUT2D eigenvalue weighted by atomic mass is 10.1. The topological polar surface area (TPSA) is 67.2 Å². The Morgan fingerprint density at radius 3 is 2.95 bits per heavy atom. The van der Waals surface area contributed by atoms with Crippen molar-refractivity contribution in [2.24, 2.45) is 0 Å². The van der Waals surface area contributed by atoms with Crippen molar-refractivity contribution in [1.29, 1.82) is 0 Å². The molecule has 0 radical (unpaired) electrons. The average Bonchev–Trinajstić information content (AvgIpc) is 2.90. The van der Waals surface area contributed by atoms with Gasteiger partial charge in [-0.25, -0.2) is 4.98 Å². The maximum atomic E-state index is 12.2. The molecular formula is C17H21N3O2. The van der Waals surface area contributed by atoms with Crippen LogP contribution in [0, 0.1) is 6.92 Å². The standard InChI is InChI=1S/C17H21N3O2/c1-12-15(10-16(21)19-14-8-5-9-18-11-14)20-17(22-12)13-6-3-2-4-7-13/h2-4,6-7,14,18H,5,8-11H2,1H3,(H,19,21)/t14-/m0/s1. The van der Waals surface area contributed by atoms with E-state index in [2.05, 4.69) is 15.6 Å². The molecule has 1 fully saturated rings. The Bertz CT molecular complexity index is 631. The van der Waals surface area contributed by atoms with Crippen molar-refractivity contribution in [1.82, 2.24) is 15.6 Å². The van der Waals surface area contributed by atoms with Crippen molar-refractivity contribution in [3.05, 3.63) is 41.8 Å². The summed E-state index contributed by atoms with van der Waals surface area (Å²) in [5.41, 5.74) is 1.63. The van der Waals surface area contributed by atoms with Crippen LogP contribution in [0.1, 0.15) is 24.3 Å². The molecule has 0 spiro atoms. The fraction of sp³-hybridized carbons (Fsp3) is 0.412. The van der Waals surface area contributed by atoms with E-state index >= 15 is 0 Å². The molecule has 5 nitrogen and oxygen atoms in total. The number of aromatic nitrogens is 1.